The molecule has 2 heterocycles. The van der Waals surface area contributed by atoms with Crippen molar-refractivity contribution in [3.05, 3.63) is 42.2 Å². The molecule has 1 fully saturated rings. The maximum atomic E-state index is 13.0. The number of nitrogens with one attached hydrogen (secondary N) is 2. The molecule has 3 rings (SSSR count). The highest BCUT2D eigenvalue weighted by atomic mass is 35.5. The van der Waals surface area contributed by atoms with Gasteiger partial charge in [0.05, 0.1) is 11.9 Å². The summed E-state index contributed by atoms with van der Waals surface area (Å²) in [4.78, 5) is 12.3. The molecule has 0 radical (unpaired) electrons. The first kappa shape index (κ1) is 22.2. The number of alkyl halides is 3. The number of benzene rings is 1. The Balaban J connectivity index is 0.00000280. The number of halogens is 4. The minimum atomic E-state index is -4.48. The third-order valence-electron chi connectivity index (χ3n) is 5.02. The number of rotatable bonds is 5. The molecule has 5 nitrogen and oxygen atoms in total. The molecule has 154 valence electrons. The van der Waals surface area contributed by atoms with Gasteiger partial charge in [0.25, 0.3) is 0 Å². The van der Waals surface area contributed by atoms with Crippen molar-refractivity contribution < 1.29 is 18.0 Å². The first-order valence-corrected chi connectivity index (χ1v) is 9.07. The van der Waals surface area contributed by atoms with Gasteiger partial charge in [0.15, 0.2) is 0 Å². The molecule has 0 spiro atoms. The van der Waals surface area contributed by atoms with Crippen LogP contribution < -0.4 is 10.6 Å². The summed E-state index contributed by atoms with van der Waals surface area (Å²) in [6, 6.07) is 7.12. The van der Waals surface area contributed by atoms with E-state index in [-0.39, 0.29) is 24.0 Å². The lowest BCUT2D eigenvalue weighted by atomic mass is 9.84. The molecule has 1 atom stereocenters. The van der Waals surface area contributed by atoms with E-state index in [1.165, 1.54) is 12.1 Å². The van der Waals surface area contributed by atoms with Gasteiger partial charge in [-0.1, -0.05) is 6.92 Å². The average molecular weight is 417 g/mol. The van der Waals surface area contributed by atoms with Crippen molar-refractivity contribution in [3.8, 4) is 5.69 Å². The van der Waals surface area contributed by atoms with Crippen molar-refractivity contribution >= 4 is 24.0 Å². The van der Waals surface area contributed by atoms with E-state index in [1.54, 1.807) is 12.1 Å². The molecule has 0 aliphatic carbocycles. The van der Waals surface area contributed by atoms with Gasteiger partial charge in [-0.3, -0.25) is 4.79 Å². The van der Waals surface area contributed by atoms with Gasteiger partial charge in [-0.05, 0) is 68.1 Å². The molecule has 1 unspecified atom stereocenters. The third kappa shape index (κ3) is 5.48. The lowest BCUT2D eigenvalue weighted by Crippen LogP contribution is -2.32. The molecule has 1 amide bonds. The van der Waals surface area contributed by atoms with E-state index in [2.05, 4.69) is 22.7 Å². The van der Waals surface area contributed by atoms with Crippen molar-refractivity contribution in [1.82, 2.24) is 15.1 Å². The van der Waals surface area contributed by atoms with E-state index >= 15 is 0 Å². The van der Waals surface area contributed by atoms with Gasteiger partial charge in [-0.2, -0.15) is 18.3 Å². The maximum Gasteiger partial charge on any atom is 0.433 e. The van der Waals surface area contributed by atoms with Gasteiger partial charge in [0.1, 0.15) is 5.69 Å². The van der Waals surface area contributed by atoms with Crippen molar-refractivity contribution in [2.45, 2.75) is 32.4 Å². The summed E-state index contributed by atoms with van der Waals surface area (Å²) in [6.07, 6.45) is -0.776. The Morgan fingerprint density at radius 1 is 1.25 bits per heavy atom. The smallest absolute Gasteiger partial charge is 0.326 e. The van der Waals surface area contributed by atoms with Crippen LogP contribution in [0, 0.1) is 11.8 Å². The second kappa shape index (κ2) is 9.43. The van der Waals surface area contributed by atoms with Crippen molar-refractivity contribution in [2.24, 2.45) is 11.8 Å². The van der Waals surface area contributed by atoms with Crippen LogP contribution in [0.5, 0.6) is 0 Å². The quantitative estimate of drug-likeness (QED) is 0.765. The van der Waals surface area contributed by atoms with Gasteiger partial charge in [0, 0.05) is 12.1 Å². The molecule has 2 N–H and O–H groups in total. The predicted octanol–water partition coefficient (Wildman–Crippen LogP) is 4.28. The van der Waals surface area contributed by atoms with Crippen LogP contribution in [0.2, 0.25) is 0 Å². The highest BCUT2D eigenvalue weighted by molar-refractivity contribution is 5.90. The summed E-state index contributed by atoms with van der Waals surface area (Å²) >= 11 is 0. The normalized spacial score (nSPS) is 16.3. The molecule has 9 heteroatoms. The van der Waals surface area contributed by atoms with Crippen LogP contribution >= 0.6 is 12.4 Å². The van der Waals surface area contributed by atoms with E-state index in [4.69, 9.17) is 0 Å². The van der Waals surface area contributed by atoms with Gasteiger partial charge in [0.2, 0.25) is 5.91 Å². The zero-order chi connectivity index (χ0) is 19.4. The van der Waals surface area contributed by atoms with Crippen LogP contribution in [-0.4, -0.2) is 28.8 Å². The summed E-state index contributed by atoms with van der Waals surface area (Å²) in [5.74, 6) is 0.758. The Morgan fingerprint density at radius 3 is 2.50 bits per heavy atom. The number of anilines is 1. The first-order valence-electron chi connectivity index (χ1n) is 9.07. The third-order valence-corrected chi connectivity index (χ3v) is 5.02. The minimum absolute atomic E-state index is 0. The largest absolute Gasteiger partial charge is 0.433 e. The molecule has 1 aromatic carbocycles. The molecule has 1 saturated heterocycles. The Hall–Kier alpha value is -2.06. The minimum Gasteiger partial charge on any atom is -0.326 e. The molecule has 0 bridgehead atoms. The molecule has 1 aliphatic rings. The molecule has 1 aromatic heterocycles. The summed E-state index contributed by atoms with van der Waals surface area (Å²) in [5, 5.41) is 9.88. The molecule has 0 saturated carbocycles. The monoisotopic (exact) mass is 416 g/mol. The summed E-state index contributed by atoms with van der Waals surface area (Å²) in [5.41, 5.74) is 0.00505. The van der Waals surface area contributed by atoms with Crippen molar-refractivity contribution in [1.29, 1.82) is 0 Å². The SMILES string of the molecule is CC(CC(=O)Nc1ccc(-n2nccc2C(F)(F)F)cc1)C1CCNCC1.Cl. The highest BCUT2D eigenvalue weighted by Gasteiger charge is 2.35. The highest BCUT2D eigenvalue weighted by Crippen LogP contribution is 2.30. The summed E-state index contributed by atoms with van der Waals surface area (Å²) < 4.78 is 39.8. The fraction of sp³-hybridized carbons (Fsp3) is 0.474. The van der Waals surface area contributed by atoms with Crippen LogP contribution in [-0.2, 0) is 11.0 Å². The molecular weight excluding hydrogens is 393 g/mol. The van der Waals surface area contributed by atoms with Crippen LogP contribution in [0.1, 0.15) is 31.9 Å². The number of piperidine rings is 1. The van der Waals surface area contributed by atoms with E-state index in [1.807, 2.05) is 0 Å². The number of hydrogen-bond acceptors (Lipinski definition) is 3. The Kier molecular flexibility index (Phi) is 7.48. The zero-order valence-corrected chi connectivity index (χ0v) is 16.3. The van der Waals surface area contributed by atoms with Crippen molar-refractivity contribution in [2.75, 3.05) is 18.4 Å². The number of carbonyl (C=O) groups is 1. The average Bonchev–Trinajstić information content (AvgIpc) is 3.13. The number of amides is 1. The van der Waals surface area contributed by atoms with E-state index in [0.29, 0.717) is 23.9 Å². The first-order chi connectivity index (χ1) is 12.8. The van der Waals surface area contributed by atoms with Gasteiger partial charge >= 0.3 is 6.18 Å². The standard InChI is InChI=1S/C19H23F3N4O.ClH/c1-13(14-6-9-23-10-7-14)12-18(27)25-15-2-4-16(5-3-15)26-17(8-11-24-26)19(20,21)22;/h2-5,8,11,13-14,23H,6-7,9-10,12H2,1H3,(H,25,27);1H. The van der Waals surface area contributed by atoms with Crippen LogP contribution in [0.4, 0.5) is 18.9 Å². The Morgan fingerprint density at radius 2 is 1.89 bits per heavy atom. The summed E-state index contributed by atoms with van der Waals surface area (Å²) in [6.45, 7) is 4.08. The number of nitrogens with zero attached hydrogens (tertiary/aromatic N) is 2. The van der Waals surface area contributed by atoms with Crippen LogP contribution in [0.3, 0.4) is 0 Å². The fourth-order valence-electron chi connectivity index (χ4n) is 3.49. The van der Waals surface area contributed by atoms with Crippen LogP contribution in [0.15, 0.2) is 36.5 Å². The molecule has 1 aliphatic heterocycles. The van der Waals surface area contributed by atoms with Gasteiger partial charge in [-0.15, -0.1) is 12.4 Å². The topological polar surface area (TPSA) is 59.0 Å². The second-order valence-electron chi connectivity index (χ2n) is 6.99. The van der Waals surface area contributed by atoms with Gasteiger partial charge < -0.3 is 10.6 Å². The lowest BCUT2D eigenvalue weighted by Gasteiger charge is -2.27. The van der Waals surface area contributed by atoms with Gasteiger partial charge in [-0.25, -0.2) is 4.68 Å². The zero-order valence-electron chi connectivity index (χ0n) is 15.5. The predicted molar refractivity (Wildman–Crippen MR) is 104 cm³/mol. The lowest BCUT2D eigenvalue weighted by molar-refractivity contribution is -0.142. The molecule has 28 heavy (non-hydrogen) atoms. The number of carbonyl (C=O) groups excluding carboxylic acids is 1. The Labute approximate surface area is 168 Å². The maximum absolute atomic E-state index is 13.0. The van der Waals surface area contributed by atoms with E-state index in [0.717, 1.165) is 42.9 Å². The second-order valence-corrected chi connectivity index (χ2v) is 6.99. The summed E-state index contributed by atoms with van der Waals surface area (Å²) in [7, 11) is 0. The Bertz CT molecular complexity index is 770. The fourth-order valence-corrected chi connectivity index (χ4v) is 3.49. The molecule has 2 aromatic rings. The van der Waals surface area contributed by atoms with E-state index in [9.17, 15) is 18.0 Å². The van der Waals surface area contributed by atoms with E-state index < -0.39 is 11.9 Å². The number of hydrogen-bond donors (Lipinski definition) is 2. The van der Waals surface area contributed by atoms with Crippen LogP contribution in [0.25, 0.3) is 5.69 Å². The molecular formula is C19H24ClF3N4O. The van der Waals surface area contributed by atoms with Crippen molar-refractivity contribution in [3.63, 3.8) is 0 Å². The number of aromatic nitrogens is 2.